The van der Waals surface area contributed by atoms with Crippen LogP contribution in [0.25, 0.3) is 0 Å². The van der Waals surface area contributed by atoms with Gasteiger partial charge in [-0.1, -0.05) is 42.5 Å². The Labute approximate surface area is 142 Å². The fourth-order valence-corrected chi connectivity index (χ4v) is 2.94. The van der Waals surface area contributed by atoms with Gasteiger partial charge in [-0.3, -0.25) is 4.79 Å². The van der Waals surface area contributed by atoms with E-state index in [1.807, 2.05) is 49.3 Å². The minimum absolute atomic E-state index is 0.353. The second-order valence-electron chi connectivity index (χ2n) is 6.43. The van der Waals surface area contributed by atoms with E-state index in [9.17, 15) is 14.3 Å². The standard InChI is InChI=1S/C20H24FNO2/c1-22(2)15-14-20(19(23)24,17-8-10-18(21)11-9-17)13-12-16-6-4-3-5-7-16/h3-11H,12-15H2,1-2H3,(H,23,24). The van der Waals surface area contributed by atoms with Crippen LogP contribution in [0.1, 0.15) is 24.0 Å². The highest BCUT2D eigenvalue weighted by atomic mass is 19.1. The summed E-state index contributed by atoms with van der Waals surface area (Å²) < 4.78 is 13.3. The lowest BCUT2D eigenvalue weighted by Crippen LogP contribution is -2.39. The second-order valence-corrected chi connectivity index (χ2v) is 6.43. The Morgan fingerprint density at radius 2 is 1.67 bits per heavy atom. The van der Waals surface area contributed by atoms with Crippen molar-refractivity contribution in [2.45, 2.75) is 24.7 Å². The van der Waals surface area contributed by atoms with E-state index in [0.717, 1.165) is 5.56 Å². The Balaban J connectivity index is 2.33. The molecule has 0 saturated carbocycles. The largest absolute Gasteiger partial charge is 0.481 e. The van der Waals surface area contributed by atoms with E-state index >= 15 is 0 Å². The van der Waals surface area contributed by atoms with Crippen LogP contribution < -0.4 is 0 Å². The van der Waals surface area contributed by atoms with Crippen molar-refractivity contribution in [1.82, 2.24) is 4.90 Å². The summed E-state index contributed by atoms with van der Waals surface area (Å²) in [6.07, 6.45) is 1.62. The number of hydrogen-bond acceptors (Lipinski definition) is 2. The topological polar surface area (TPSA) is 40.5 Å². The molecule has 0 heterocycles. The lowest BCUT2D eigenvalue weighted by Gasteiger charge is -2.31. The van der Waals surface area contributed by atoms with E-state index in [1.165, 1.54) is 12.1 Å². The Hall–Kier alpha value is -2.20. The molecule has 0 radical (unpaired) electrons. The van der Waals surface area contributed by atoms with Crippen molar-refractivity contribution >= 4 is 5.97 Å². The number of carboxylic acid groups (broad SMARTS) is 1. The zero-order valence-electron chi connectivity index (χ0n) is 14.2. The zero-order chi connectivity index (χ0) is 17.6. The normalized spacial score (nSPS) is 13.7. The molecule has 128 valence electrons. The number of hydrogen-bond donors (Lipinski definition) is 1. The molecule has 0 amide bonds. The van der Waals surface area contributed by atoms with Crippen LogP contribution in [0.3, 0.4) is 0 Å². The number of carbonyl (C=O) groups is 1. The van der Waals surface area contributed by atoms with Crippen LogP contribution in [0.15, 0.2) is 54.6 Å². The SMILES string of the molecule is CN(C)CCC(CCc1ccccc1)(C(=O)O)c1ccc(F)cc1. The Bertz CT molecular complexity index is 655. The van der Waals surface area contributed by atoms with Gasteiger partial charge in [0, 0.05) is 0 Å². The number of aliphatic carboxylic acids is 1. The molecule has 0 aromatic heterocycles. The Morgan fingerprint density at radius 3 is 2.21 bits per heavy atom. The summed E-state index contributed by atoms with van der Waals surface area (Å²) in [7, 11) is 3.85. The van der Waals surface area contributed by atoms with E-state index in [1.54, 1.807) is 12.1 Å². The van der Waals surface area contributed by atoms with Gasteiger partial charge in [0.05, 0.1) is 5.41 Å². The summed E-state index contributed by atoms with van der Waals surface area (Å²) in [5, 5.41) is 10.0. The third-order valence-electron chi connectivity index (χ3n) is 4.48. The Kier molecular flexibility index (Phi) is 6.10. The average Bonchev–Trinajstić information content (AvgIpc) is 2.57. The Morgan fingerprint density at radius 1 is 1.04 bits per heavy atom. The van der Waals surface area contributed by atoms with Crippen molar-refractivity contribution in [2.24, 2.45) is 0 Å². The molecule has 1 N–H and O–H groups in total. The van der Waals surface area contributed by atoms with Gasteiger partial charge < -0.3 is 10.0 Å². The number of carboxylic acids is 1. The van der Waals surface area contributed by atoms with Gasteiger partial charge in [-0.25, -0.2) is 4.39 Å². The molecule has 4 heteroatoms. The number of nitrogens with zero attached hydrogens (tertiary/aromatic N) is 1. The number of aryl methyl sites for hydroxylation is 1. The van der Waals surface area contributed by atoms with Gasteiger partial charge >= 0.3 is 5.97 Å². The highest BCUT2D eigenvalue weighted by Gasteiger charge is 2.39. The summed E-state index contributed by atoms with van der Waals surface area (Å²) in [6, 6.07) is 15.7. The molecule has 0 spiro atoms. The molecule has 0 bridgehead atoms. The maximum atomic E-state index is 13.3. The summed E-state index contributed by atoms with van der Waals surface area (Å²) in [6.45, 7) is 0.651. The molecule has 0 fully saturated rings. The minimum Gasteiger partial charge on any atom is -0.481 e. The van der Waals surface area contributed by atoms with Crippen molar-refractivity contribution in [2.75, 3.05) is 20.6 Å². The predicted molar refractivity (Wildman–Crippen MR) is 93.6 cm³/mol. The molecule has 0 aliphatic rings. The fourth-order valence-electron chi connectivity index (χ4n) is 2.94. The van der Waals surface area contributed by atoms with E-state index in [-0.39, 0.29) is 5.82 Å². The van der Waals surface area contributed by atoms with Crippen LogP contribution in [0.5, 0.6) is 0 Å². The van der Waals surface area contributed by atoms with Gasteiger partial charge in [0.2, 0.25) is 0 Å². The summed E-state index contributed by atoms with van der Waals surface area (Å²) in [4.78, 5) is 14.2. The third-order valence-corrected chi connectivity index (χ3v) is 4.48. The van der Waals surface area contributed by atoms with Gasteiger partial charge in [0.1, 0.15) is 5.82 Å². The first-order chi connectivity index (χ1) is 11.4. The van der Waals surface area contributed by atoms with Crippen molar-refractivity contribution < 1.29 is 14.3 Å². The van der Waals surface area contributed by atoms with Crippen LogP contribution in [-0.2, 0) is 16.6 Å². The highest BCUT2D eigenvalue weighted by molar-refractivity contribution is 5.81. The first-order valence-corrected chi connectivity index (χ1v) is 8.12. The fraction of sp³-hybridized carbons (Fsp3) is 0.350. The van der Waals surface area contributed by atoms with Crippen LogP contribution in [-0.4, -0.2) is 36.6 Å². The summed E-state index contributed by atoms with van der Waals surface area (Å²) >= 11 is 0. The smallest absolute Gasteiger partial charge is 0.314 e. The van der Waals surface area contributed by atoms with E-state index in [4.69, 9.17) is 0 Å². The van der Waals surface area contributed by atoms with E-state index < -0.39 is 11.4 Å². The van der Waals surface area contributed by atoms with Crippen molar-refractivity contribution in [3.05, 3.63) is 71.5 Å². The molecule has 0 aliphatic heterocycles. The molecular formula is C20H24FNO2. The molecule has 3 nitrogen and oxygen atoms in total. The predicted octanol–water partition coefficient (Wildman–Crippen LogP) is 3.73. The first kappa shape index (κ1) is 18.1. The van der Waals surface area contributed by atoms with Crippen LogP contribution in [0, 0.1) is 5.82 Å². The quantitative estimate of drug-likeness (QED) is 0.802. The summed E-state index contributed by atoms with van der Waals surface area (Å²) in [5.41, 5.74) is 0.748. The second kappa shape index (κ2) is 8.06. The molecular weight excluding hydrogens is 305 g/mol. The van der Waals surface area contributed by atoms with Gasteiger partial charge in [0.15, 0.2) is 0 Å². The molecule has 1 unspecified atom stereocenters. The first-order valence-electron chi connectivity index (χ1n) is 8.12. The zero-order valence-corrected chi connectivity index (χ0v) is 14.2. The molecule has 1 atom stereocenters. The highest BCUT2D eigenvalue weighted by Crippen LogP contribution is 2.34. The van der Waals surface area contributed by atoms with Crippen LogP contribution in [0.4, 0.5) is 4.39 Å². The molecule has 0 saturated heterocycles. The lowest BCUT2D eigenvalue weighted by molar-refractivity contribution is -0.144. The van der Waals surface area contributed by atoms with Crippen LogP contribution >= 0.6 is 0 Å². The summed E-state index contributed by atoms with van der Waals surface area (Å²) in [5.74, 6) is -1.21. The molecule has 24 heavy (non-hydrogen) atoms. The number of halogens is 1. The van der Waals surface area contributed by atoms with Gasteiger partial charge in [-0.15, -0.1) is 0 Å². The van der Waals surface area contributed by atoms with Gasteiger partial charge in [0.25, 0.3) is 0 Å². The van der Waals surface area contributed by atoms with Crippen molar-refractivity contribution in [1.29, 1.82) is 0 Å². The number of benzene rings is 2. The maximum absolute atomic E-state index is 13.3. The van der Waals surface area contributed by atoms with E-state index in [0.29, 0.717) is 31.4 Å². The van der Waals surface area contributed by atoms with Crippen molar-refractivity contribution in [3.8, 4) is 0 Å². The average molecular weight is 329 g/mol. The lowest BCUT2D eigenvalue weighted by atomic mass is 9.73. The molecule has 2 aromatic carbocycles. The molecule has 2 rings (SSSR count). The molecule has 2 aromatic rings. The van der Waals surface area contributed by atoms with Crippen molar-refractivity contribution in [3.63, 3.8) is 0 Å². The van der Waals surface area contributed by atoms with E-state index in [2.05, 4.69) is 0 Å². The maximum Gasteiger partial charge on any atom is 0.314 e. The van der Waals surface area contributed by atoms with Gasteiger partial charge in [-0.2, -0.15) is 0 Å². The third kappa shape index (κ3) is 4.42. The monoisotopic (exact) mass is 329 g/mol. The van der Waals surface area contributed by atoms with Crippen LogP contribution in [0.2, 0.25) is 0 Å². The molecule has 0 aliphatic carbocycles. The number of rotatable bonds is 8. The minimum atomic E-state index is -1.02. The van der Waals surface area contributed by atoms with Gasteiger partial charge in [-0.05, 0) is 63.2 Å².